The number of carbonyl (C=O) groups is 1. The number of halogens is 4. The molecule has 0 radical (unpaired) electrons. The molecule has 0 saturated carbocycles. The Labute approximate surface area is 123 Å². The van der Waals surface area contributed by atoms with Crippen LogP contribution in [0, 0.1) is 0 Å². The van der Waals surface area contributed by atoms with Crippen molar-refractivity contribution >= 4 is 17.9 Å². The first kappa shape index (κ1) is 15.5. The molecule has 112 valence electrons. The number of carbonyl (C=O) groups excluding carboxylic acids is 1. The minimum absolute atomic E-state index is 0.0323. The third-order valence-electron chi connectivity index (χ3n) is 3.10. The fraction of sp³-hybridized carbons (Fsp3) is 0.308. The molecule has 0 aromatic carbocycles. The van der Waals surface area contributed by atoms with Crippen LogP contribution in [0.3, 0.4) is 0 Å². The summed E-state index contributed by atoms with van der Waals surface area (Å²) in [6, 6.07) is 3.05. The number of pyridine rings is 1. The molecule has 0 amide bonds. The van der Waals surface area contributed by atoms with Crippen molar-refractivity contribution in [3.63, 3.8) is 0 Å². The summed E-state index contributed by atoms with van der Waals surface area (Å²) in [4.78, 5) is 14.7. The monoisotopic (exact) mass is 317 g/mol. The maximum atomic E-state index is 12.9. The molecule has 2 heterocycles. The van der Waals surface area contributed by atoms with Crippen LogP contribution in [0.1, 0.15) is 24.1 Å². The quantitative estimate of drug-likeness (QED) is 0.693. The molecule has 2 aromatic heterocycles. The fourth-order valence-electron chi connectivity index (χ4n) is 1.93. The SMILES string of the molecule is C[C@@H](c1[nH]ncc1-c1nc(Cl)ccc1CC=O)C(F)(F)F. The van der Waals surface area contributed by atoms with Crippen molar-refractivity contribution in [2.75, 3.05) is 0 Å². The number of alkyl halides is 3. The van der Waals surface area contributed by atoms with Gasteiger partial charge in [-0.2, -0.15) is 18.3 Å². The van der Waals surface area contributed by atoms with Crippen LogP contribution in [0.25, 0.3) is 11.3 Å². The van der Waals surface area contributed by atoms with Gasteiger partial charge in [0.2, 0.25) is 0 Å². The van der Waals surface area contributed by atoms with E-state index in [0.717, 1.165) is 6.92 Å². The molecule has 2 rings (SSSR count). The molecule has 0 unspecified atom stereocenters. The Hall–Kier alpha value is -1.89. The molecule has 4 nitrogen and oxygen atoms in total. The van der Waals surface area contributed by atoms with E-state index in [1.54, 1.807) is 6.07 Å². The molecule has 1 atom stereocenters. The van der Waals surface area contributed by atoms with Crippen molar-refractivity contribution in [3.8, 4) is 11.3 Å². The molecule has 2 aromatic rings. The summed E-state index contributed by atoms with van der Waals surface area (Å²) in [6.07, 6.45) is -2.47. The molecular formula is C13H11ClF3N3O. The average molecular weight is 318 g/mol. The van der Waals surface area contributed by atoms with Crippen LogP contribution in [0.5, 0.6) is 0 Å². The van der Waals surface area contributed by atoms with Gasteiger partial charge in [-0.1, -0.05) is 17.7 Å². The van der Waals surface area contributed by atoms with E-state index in [1.165, 1.54) is 12.3 Å². The Balaban J connectivity index is 2.56. The Morgan fingerprint density at radius 3 is 2.76 bits per heavy atom. The number of aromatic amines is 1. The number of rotatable bonds is 4. The Bertz CT molecular complexity index is 654. The number of nitrogens with zero attached hydrogens (tertiary/aromatic N) is 2. The highest BCUT2D eigenvalue weighted by Gasteiger charge is 2.39. The predicted octanol–water partition coefficient (Wildman–Crippen LogP) is 3.53. The van der Waals surface area contributed by atoms with E-state index in [-0.39, 0.29) is 28.5 Å². The van der Waals surface area contributed by atoms with Crippen molar-refractivity contribution in [1.82, 2.24) is 15.2 Å². The molecule has 0 bridgehead atoms. The van der Waals surface area contributed by atoms with Gasteiger partial charge in [0.1, 0.15) is 11.4 Å². The van der Waals surface area contributed by atoms with E-state index in [4.69, 9.17) is 11.6 Å². The fourth-order valence-corrected chi connectivity index (χ4v) is 2.08. The smallest absolute Gasteiger partial charge is 0.303 e. The number of H-pyrrole nitrogens is 1. The second-order valence-corrected chi connectivity index (χ2v) is 4.86. The lowest BCUT2D eigenvalue weighted by molar-refractivity contribution is -0.147. The second-order valence-electron chi connectivity index (χ2n) is 4.47. The van der Waals surface area contributed by atoms with E-state index >= 15 is 0 Å². The van der Waals surface area contributed by atoms with E-state index in [1.807, 2.05) is 0 Å². The zero-order valence-corrected chi connectivity index (χ0v) is 11.7. The van der Waals surface area contributed by atoms with Crippen molar-refractivity contribution in [3.05, 3.63) is 34.7 Å². The van der Waals surface area contributed by atoms with Gasteiger partial charge in [0.25, 0.3) is 0 Å². The molecular weight excluding hydrogens is 307 g/mol. The minimum Gasteiger partial charge on any atom is -0.303 e. The molecule has 0 aliphatic carbocycles. The van der Waals surface area contributed by atoms with E-state index in [2.05, 4.69) is 15.2 Å². The van der Waals surface area contributed by atoms with Gasteiger partial charge in [-0.25, -0.2) is 4.98 Å². The van der Waals surface area contributed by atoms with Crippen molar-refractivity contribution < 1.29 is 18.0 Å². The van der Waals surface area contributed by atoms with Crippen LogP contribution < -0.4 is 0 Å². The molecule has 21 heavy (non-hydrogen) atoms. The van der Waals surface area contributed by atoms with Gasteiger partial charge < -0.3 is 4.79 Å². The number of hydrogen-bond donors (Lipinski definition) is 1. The van der Waals surface area contributed by atoms with Gasteiger partial charge in [0, 0.05) is 12.0 Å². The molecule has 0 aliphatic heterocycles. The van der Waals surface area contributed by atoms with Gasteiger partial charge in [-0.3, -0.25) is 5.10 Å². The molecule has 0 spiro atoms. The number of aromatic nitrogens is 3. The summed E-state index contributed by atoms with van der Waals surface area (Å²) in [5.41, 5.74) is 0.810. The highest BCUT2D eigenvalue weighted by atomic mass is 35.5. The Kier molecular flexibility index (Phi) is 4.32. The second kappa shape index (κ2) is 5.85. The maximum Gasteiger partial charge on any atom is 0.396 e. The zero-order chi connectivity index (χ0) is 15.6. The highest BCUT2D eigenvalue weighted by molar-refractivity contribution is 6.29. The van der Waals surface area contributed by atoms with Gasteiger partial charge in [0.15, 0.2) is 0 Å². The number of nitrogens with one attached hydrogen (secondary N) is 1. The first-order valence-corrected chi connectivity index (χ1v) is 6.41. The van der Waals surface area contributed by atoms with E-state index in [9.17, 15) is 18.0 Å². The first-order chi connectivity index (χ1) is 9.84. The molecule has 0 fully saturated rings. The maximum absolute atomic E-state index is 12.9. The lowest BCUT2D eigenvalue weighted by Crippen LogP contribution is -2.19. The molecule has 0 aliphatic rings. The summed E-state index contributed by atoms with van der Waals surface area (Å²) in [7, 11) is 0. The van der Waals surface area contributed by atoms with E-state index < -0.39 is 12.1 Å². The zero-order valence-electron chi connectivity index (χ0n) is 10.9. The third-order valence-corrected chi connectivity index (χ3v) is 3.31. The summed E-state index contributed by atoms with van der Waals surface area (Å²) < 4.78 is 38.7. The Morgan fingerprint density at radius 1 is 1.43 bits per heavy atom. The normalized spacial score (nSPS) is 13.2. The number of hydrogen-bond acceptors (Lipinski definition) is 3. The summed E-state index contributed by atoms with van der Waals surface area (Å²) in [5, 5.41) is 6.16. The number of aldehydes is 1. The molecule has 8 heteroatoms. The van der Waals surface area contributed by atoms with Crippen LogP contribution in [0.4, 0.5) is 13.2 Å². The van der Waals surface area contributed by atoms with Gasteiger partial charge >= 0.3 is 6.18 Å². The highest BCUT2D eigenvalue weighted by Crippen LogP contribution is 2.38. The minimum atomic E-state index is -4.41. The van der Waals surface area contributed by atoms with Gasteiger partial charge in [-0.05, 0) is 18.6 Å². The van der Waals surface area contributed by atoms with E-state index in [0.29, 0.717) is 11.8 Å². The Morgan fingerprint density at radius 2 is 2.14 bits per heavy atom. The summed E-state index contributed by atoms with van der Waals surface area (Å²) in [6.45, 7) is 1.03. The van der Waals surface area contributed by atoms with Gasteiger partial charge in [0.05, 0.1) is 23.5 Å². The largest absolute Gasteiger partial charge is 0.396 e. The summed E-state index contributed by atoms with van der Waals surface area (Å²) in [5.74, 6) is -1.74. The standard InChI is InChI=1S/C13H11ClF3N3O/c1-7(13(15,16)17)11-9(6-18-20-11)12-8(4-5-21)2-3-10(14)19-12/h2-3,5-7H,4H2,1H3,(H,18,20)/t7-/m0/s1. The van der Waals surface area contributed by atoms with Crippen molar-refractivity contribution in [2.45, 2.75) is 25.4 Å². The van der Waals surface area contributed by atoms with Crippen LogP contribution >= 0.6 is 11.6 Å². The van der Waals surface area contributed by atoms with Crippen LogP contribution in [-0.2, 0) is 11.2 Å². The predicted molar refractivity (Wildman–Crippen MR) is 71.1 cm³/mol. The molecule has 1 N–H and O–H groups in total. The van der Waals surface area contributed by atoms with Crippen molar-refractivity contribution in [1.29, 1.82) is 0 Å². The van der Waals surface area contributed by atoms with Crippen LogP contribution in [-0.4, -0.2) is 27.6 Å². The van der Waals surface area contributed by atoms with Crippen LogP contribution in [0.2, 0.25) is 5.15 Å². The summed E-state index contributed by atoms with van der Waals surface area (Å²) >= 11 is 5.80. The lowest BCUT2D eigenvalue weighted by atomic mass is 9.98. The molecule has 0 saturated heterocycles. The van der Waals surface area contributed by atoms with Crippen molar-refractivity contribution in [2.24, 2.45) is 0 Å². The third kappa shape index (κ3) is 3.24. The first-order valence-electron chi connectivity index (χ1n) is 6.04. The van der Waals surface area contributed by atoms with Gasteiger partial charge in [-0.15, -0.1) is 0 Å². The topological polar surface area (TPSA) is 58.6 Å². The average Bonchev–Trinajstić information content (AvgIpc) is 2.88. The lowest BCUT2D eigenvalue weighted by Gasteiger charge is -2.16. The van der Waals surface area contributed by atoms with Crippen LogP contribution in [0.15, 0.2) is 18.3 Å².